The number of rotatable bonds is 7. The Morgan fingerprint density at radius 1 is 1.07 bits per heavy atom. The molecule has 30 heavy (non-hydrogen) atoms. The van der Waals surface area contributed by atoms with Crippen LogP contribution in [0.3, 0.4) is 0 Å². The van der Waals surface area contributed by atoms with E-state index in [1.807, 2.05) is 42.5 Å². The van der Waals surface area contributed by atoms with Crippen molar-refractivity contribution in [3.05, 3.63) is 78.3 Å². The number of anilines is 1. The molecular formula is C23H20N2O4S. The van der Waals surface area contributed by atoms with E-state index in [4.69, 9.17) is 18.9 Å². The lowest BCUT2D eigenvalue weighted by Crippen LogP contribution is -2.28. The average Bonchev–Trinajstić information content (AvgIpc) is 3.45. The fourth-order valence-electron chi connectivity index (χ4n) is 3.01. The Morgan fingerprint density at radius 2 is 1.83 bits per heavy atom. The number of fused-ring (bicyclic) bond motifs is 1. The van der Waals surface area contributed by atoms with Gasteiger partial charge in [0, 0.05) is 6.08 Å². The summed E-state index contributed by atoms with van der Waals surface area (Å²) in [5, 5.41) is 0.534. The first-order chi connectivity index (χ1) is 14.7. The molecule has 0 aliphatic rings. The minimum atomic E-state index is -0.202. The highest BCUT2D eigenvalue weighted by Gasteiger charge is 2.22. The molecule has 152 valence electrons. The van der Waals surface area contributed by atoms with Gasteiger partial charge in [0.2, 0.25) is 0 Å². The van der Waals surface area contributed by atoms with Gasteiger partial charge < -0.3 is 13.9 Å². The fraction of sp³-hybridized carbons (Fsp3) is 0.130. The Bertz CT molecular complexity index is 1130. The summed E-state index contributed by atoms with van der Waals surface area (Å²) in [6.07, 6.45) is 4.91. The van der Waals surface area contributed by atoms with Crippen LogP contribution in [0.4, 0.5) is 5.13 Å². The standard InChI is InChI=1S/C23H20N2O4S/c1-27-18-11-12-19(28-2)22-21(18)24-23(30-22)25(15-17-9-6-14-29-17)20(26)13-10-16-7-4-3-5-8-16/h3-14H,15H2,1-2H3/b13-10+. The molecule has 4 rings (SSSR count). The number of carbonyl (C=O) groups excluding carboxylic acids is 1. The highest BCUT2D eigenvalue weighted by molar-refractivity contribution is 7.22. The van der Waals surface area contributed by atoms with E-state index in [0.29, 0.717) is 27.9 Å². The van der Waals surface area contributed by atoms with Gasteiger partial charge in [0.15, 0.2) is 5.13 Å². The van der Waals surface area contributed by atoms with E-state index in [-0.39, 0.29) is 12.5 Å². The normalized spacial score (nSPS) is 11.1. The molecule has 2 aromatic heterocycles. The molecule has 1 amide bonds. The molecule has 2 aromatic carbocycles. The molecule has 0 fully saturated rings. The van der Waals surface area contributed by atoms with Crippen LogP contribution in [0.25, 0.3) is 16.3 Å². The molecule has 2 heterocycles. The Kier molecular flexibility index (Phi) is 5.81. The summed E-state index contributed by atoms with van der Waals surface area (Å²) >= 11 is 1.37. The van der Waals surface area contributed by atoms with Gasteiger partial charge in [0.05, 0.1) is 27.0 Å². The fourth-order valence-corrected chi connectivity index (χ4v) is 4.09. The third-order valence-electron chi connectivity index (χ3n) is 4.51. The van der Waals surface area contributed by atoms with Crippen molar-refractivity contribution in [2.24, 2.45) is 0 Å². The van der Waals surface area contributed by atoms with E-state index >= 15 is 0 Å². The zero-order chi connectivity index (χ0) is 20.9. The number of thiazole rings is 1. The van der Waals surface area contributed by atoms with Gasteiger partial charge in [-0.1, -0.05) is 41.7 Å². The third kappa shape index (κ3) is 4.06. The van der Waals surface area contributed by atoms with E-state index in [1.54, 1.807) is 49.7 Å². The Balaban J connectivity index is 1.74. The summed E-state index contributed by atoms with van der Waals surface area (Å²) in [6, 6.07) is 16.9. The molecule has 0 aliphatic carbocycles. The van der Waals surface area contributed by atoms with Crippen molar-refractivity contribution in [3.8, 4) is 11.5 Å². The smallest absolute Gasteiger partial charge is 0.253 e. The second-order valence-corrected chi connectivity index (χ2v) is 7.37. The van der Waals surface area contributed by atoms with Crippen LogP contribution >= 0.6 is 11.3 Å². The number of methoxy groups -OCH3 is 2. The molecule has 6 nitrogen and oxygen atoms in total. The van der Waals surface area contributed by atoms with Crippen LogP contribution in [-0.2, 0) is 11.3 Å². The van der Waals surface area contributed by atoms with E-state index in [2.05, 4.69) is 0 Å². The molecule has 0 atom stereocenters. The first-order valence-electron chi connectivity index (χ1n) is 9.28. The van der Waals surface area contributed by atoms with Gasteiger partial charge in [-0.3, -0.25) is 9.69 Å². The van der Waals surface area contributed by atoms with Gasteiger partial charge in [-0.2, -0.15) is 0 Å². The van der Waals surface area contributed by atoms with Crippen molar-refractivity contribution < 1.29 is 18.7 Å². The Morgan fingerprint density at radius 3 is 2.53 bits per heavy atom. The van der Waals surface area contributed by atoms with Crippen LogP contribution < -0.4 is 14.4 Å². The van der Waals surface area contributed by atoms with Gasteiger partial charge in [-0.15, -0.1) is 0 Å². The molecule has 0 bridgehead atoms. The molecule has 0 saturated carbocycles. The van der Waals surface area contributed by atoms with E-state index in [1.165, 1.54) is 11.3 Å². The zero-order valence-electron chi connectivity index (χ0n) is 16.6. The SMILES string of the molecule is COc1ccc(OC)c2sc(N(Cc3ccco3)C(=O)/C=C/c3ccccc3)nc12. The quantitative estimate of drug-likeness (QED) is 0.387. The molecule has 7 heteroatoms. The number of ether oxygens (including phenoxy) is 2. The first kappa shape index (κ1) is 19.7. The molecule has 0 N–H and O–H groups in total. The predicted molar refractivity (Wildman–Crippen MR) is 118 cm³/mol. The van der Waals surface area contributed by atoms with Crippen LogP contribution in [0.1, 0.15) is 11.3 Å². The van der Waals surface area contributed by atoms with Crippen molar-refractivity contribution in [1.82, 2.24) is 4.98 Å². The molecule has 0 unspecified atom stereocenters. The maximum atomic E-state index is 13.1. The van der Waals surface area contributed by atoms with E-state index in [0.717, 1.165) is 10.3 Å². The predicted octanol–water partition coefficient (Wildman–Crippen LogP) is 5.15. The van der Waals surface area contributed by atoms with Crippen LogP contribution in [0, 0.1) is 0 Å². The van der Waals surface area contributed by atoms with Crippen molar-refractivity contribution in [3.63, 3.8) is 0 Å². The van der Waals surface area contributed by atoms with Gasteiger partial charge in [-0.25, -0.2) is 4.98 Å². The lowest BCUT2D eigenvalue weighted by molar-refractivity contribution is -0.114. The van der Waals surface area contributed by atoms with Gasteiger partial charge in [-0.05, 0) is 35.9 Å². The second kappa shape index (κ2) is 8.84. The highest BCUT2D eigenvalue weighted by atomic mass is 32.1. The summed E-state index contributed by atoms with van der Waals surface area (Å²) in [5.41, 5.74) is 1.59. The van der Waals surface area contributed by atoms with Gasteiger partial charge in [0.25, 0.3) is 5.91 Å². The molecular weight excluding hydrogens is 400 g/mol. The minimum Gasteiger partial charge on any atom is -0.495 e. The number of amides is 1. The molecule has 0 spiro atoms. The van der Waals surface area contributed by atoms with Crippen LogP contribution in [0.15, 0.2) is 71.4 Å². The largest absolute Gasteiger partial charge is 0.495 e. The molecule has 0 aliphatic heterocycles. The topological polar surface area (TPSA) is 64.8 Å². The number of hydrogen-bond acceptors (Lipinski definition) is 6. The summed E-state index contributed by atoms with van der Waals surface area (Å²) in [4.78, 5) is 19.4. The molecule has 4 aromatic rings. The number of nitrogens with zero attached hydrogens (tertiary/aromatic N) is 2. The molecule has 0 radical (unpaired) electrons. The number of furan rings is 1. The average molecular weight is 420 g/mol. The summed E-state index contributed by atoms with van der Waals surface area (Å²) in [7, 11) is 3.20. The monoisotopic (exact) mass is 420 g/mol. The summed E-state index contributed by atoms with van der Waals surface area (Å²) < 4.78 is 17.2. The number of benzene rings is 2. The molecule has 0 saturated heterocycles. The summed E-state index contributed by atoms with van der Waals surface area (Å²) in [6.45, 7) is 0.259. The maximum Gasteiger partial charge on any atom is 0.253 e. The van der Waals surface area contributed by atoms with Crippen molar-refractivity contribution in [1.29, 1.82) is 0 Å². The Hall–Kier alpha value is -3.58. The van der Waals surface area contributed by atoms with Crippen molar-refractivity contribution in [2.45, 2.75) is 6.54 Å². The second-order valence-electron chi connectivity index (χ2n) is 6.39. The van der Waals surface area contributed by atoms with Gasteiger partial charge in [0.1, 0.15) is 27.5 Å². The number of aromatic nitrogens is 1. The van der Waals surface area contributed by atoms with E-state index < -0.39 is 0 Å². The van der Waals surface area contributed by atoms with E-state index in [9.17, 15) is 4.79 Å². The lowest BCUT2D eigenvalue weighted by atomic mass is 10.2. The first-order valence-corrected chi connectivity index (χ1v) is 10.1. The zero-order valence-corrected chi connectivity index (χ0v) is 17.4. The minimum absolute atomic E-state index is 0.202. The maximum absolute atomic E-state index is 13.1. The lowest BCUT2D eigenvalue weighted by Gasteiger charge is -2.16. The van der Waals surface area contributed by atoms with Crippen molar-refractivity contribution in [2.75, 3.05) is 19.1 Å². The number of carbonyl (C=O) groups is 1. The van der Waals surface area contributed by atoms with Crippen molar-refractivity contribution >= 4 is 38.7 Å². The van der Waals surface area contributed by atoms with Gasteiger partial charge >= 0.3 is 0 Å². The number of hydrogen-bond donors (Lipinski definition) is 0. The van der Waals surface area contributed by atoms with Crippen LogP contribution in [0.2, 0.25) is 0 Å². The Labute approximate surface area is 178 Å². The summed E-state index contributed by atoms with van der Waals surface area (Å²) in [5.74, 6) is 1.76. The van der Waals surface area contributed by atoms with Crippen LogP contribution in [-0.4, -0.2) is 25.1 Å². The highest BCUT2D eigenvalue weighted by Crippen LogP contribution is 2.40. The van der Waals surface area contributed by atoms with Crippen LogP contribution in [0.5, 0.6) is 11.5 Å². The third-order valence-corrected chi connectivity index (χ3v) is 5.60.